The van der Waals surface area contributed by atoms with Crippen molar-refractivity contribution in [3.05, 3.63) is 82.9 Å². The molecule has 0 spiro atoms. The Bertz CT molecular complexity index is 963. The second-order valence-corrected chi connectivity index (χ2v) is 54.1. The van der Waals surface area contributed by atoms with E-state index in [0.29, 0.717) is 15.5 Å². The zero-order chi connectivity index (χ0) is 20.7. The summed E-state index contributed by atoms with van der Waals surface area (Å²) >= 11 is -3.89. The van der Waals surface area contributed by atoms with E-state index in [1.807, 2.05) is 0 Å². The summed E-state index contributed by atoms with van der Waals surface area (Å²) < 4.78 is 1.47. The minimum absolute atomic E-state index is 0.399. The van der Waals surface area contributed by atoms with Gasteiger partial charge in [0.1, 0.15) is 0 Å². The van der Waals surface area contributed by atoms with Crippen LogP contribution in [0.15, 0.2) is 60.7 Å². The number of allylic oxidation sites excluding steroid dienone is 2. The van der Waals surface area contributed by atoms with Gasteiger partial charge in [-0.25, -0.2) is 0 Å². The van der Waals surface area contributed by atoms with Crippen LogP contribution in [-0.4, -0.2) is 5.92 Å². The van der Waals surface area contributed by atoms with E-state index in [1.165, 1.54) is 22.3 Å². The molecule has 3 unspecified atom stereocenters. The van der Waals surface area contributed by atoms with E-state index in [-0.39, 0.29) is 0 Å². The van der Waals surface area contributed by atoms with Crippen LogP contribution in [-0.2, 0) is 15.6 Å². The van der Waals surface area contributed by atoms with Crippen LogP contribution in [0.25, 0.3) is 12.2 Å². The van der Waals surface area contributed by atoms with Gasteiger partial charge < -0.3 is 0 Å². The number of hydrogen-bond acceptors (Lipinski definition) is 0. The maximum atomic E-state index is 7.70. The van der Waals surface area contributed by atoms with Crippen LogP contribution >= 0.6 is 17.0 Å². The van der Waals surface area contributed by atoms with Gasteiger partial charge in [-0.2, -0.15) is 0 Å². The first-order chi connectivity index (χ1) is 13.8. The Morgan fingerprint density at radius 2 is 1.38 bits per heavy atom. The molecule has 3 atom stereocenters. The van der Waals surface area contributed by atoms with Gasteiger partial charge >= 0.3 is 186 Å². The fraction of sp³-hybridized carbons (Fsp3) is 0.360. The van der Waals surface area contributed by atoms with Gasteiger partial charge in [-0.15, -0.1) is 0 Å². The summed E-state index contributed by atoms with van der Waals surface area (Å²) in [4.78, 5) is 0. The summed E-state index contributed by atoms with van der Waals surface area (Å²) in [5.41, 5.74) is 5.60. The van der Waals surface area contributed by atoms with Gasteiger partial charge in [-0.3, -0.25) is 0 Å². The second-order valence-electron chi connectivity index (χ2n) is 9.38. The number of benzene rings is 2. The van der Waals surface area contributed by atoms with E-state index >= 15 is 0 Å². The monoisotopic (exact) mass is 519 g/mol. The van der Waals surface area contributed by atoms with Crippen LogP contribution in [0.5, 0.6) is 0 Å². The molecule has 0 heterocycles. The second kappa shape index (κ2) is 8.27. The normalized spacial score (nSPS) is 22.3. The standard InChI is InChI=1S/C13H15.C10H9.C2H7Si.2ClH.Zr/c1-2-3-6-11-9-10-12-7-4-5-8-13(11)12;1-8-6-7-9-4-2-3-5-10(8)9;1-3-2;;;/h2,4-5,7-11H,3,6H2,1H3;2-8H,1H2;3H,1-2H3;2*1H;/q;;;;;+2/p-2. The summed E-state index contributed by atoms with van der Waals surface area (Å²) in [6.45, 7) is 7.17. The van der Waals surface area contributed by atoms with Crippen LogP contribution in [0.3, 0.4) is 0 Å². The predicted molar refractivity (Wildman–Crippen MR) is 130 cm³/mol. The number of fused-ring (bicyclic) bond motifs is 2. The van der Waals surface area contributed by atoms with Crippen molar-refractivity contribution in [2.24, 2.45) is 0 Å². The molecule has 4 heteroatoms. The SMILES string of the molecule is C[CH](CCC1C=Cc2ccccc21)[Zr]([Cl])([Cl])([CH2]C1C=Cc2ccccc21)[SiH](C)C. The van der Waals surface area contributed by atoms with Crippen molar-refractivity contribution in [2.45, 2.75) is 52.4 Å². The van der Waals surface area contributed by atoms with Crippen LogP contribution < -0.4 is 0 Å². The molecule has 0 radical (unpaired) electrons. The first-order valence-electron chi connectivity index (χ1n) is 10.9. The number of hydrogen-bond donors (Lipinski definition) is 0. The van der Waals surface area contributed by atoms with Crippen molar-refractivity contribution >= 4 is 35.1 Å². The fourth-order valence-corrected chi connectivity index (χ4v) is 30.2. The van der Waals surface area contributed by atoms with Gasteiger partial charge in [-0.05, 0) is 0 Å². The van der Waals surface area contributed by atoms with E-state index in [9.17, 15) is 0 Å². The molecule has 0 bridgehead atoms. The first kappa shape index (κ1) is 21.8. The van der Waals surface area contributed by atoms with Crippen LogP contribution in [0.2, 0.25) is 20.8 Å². The Kier molecular flexibility index (Phi) is 6.22. The molecule has 2 aromatic rings. The van der Waals surface area contributed by atoms with Gasteiger partial charge in [0.2, 0.25) is 0 Å². The van der Waals surface area contributed by atoms with Crippen LogP contribution in [0.4, 0.5) is 0 Å². The zero-order valence-corrected chi connectivity index (χ0v) is 22.7. The zero-order valence-electron chi connectivity index (χ0n) is 17.6. The quantitative estimate of drug-likeness (QED) is 0.320. The molecule has 0 amide bonds. The van der Waals surface area contributed by atoms with Gasteiger partial charge in [-0.1, -0.05) is 0 Å². The van der Waals surface area contributed by atoms with Gasteiger partial charge in [0, 0.05) is 0 Å². The van der Waals surface area contributed by atoms with Crippen LogP contribution in [0.1, 0.15) is 53.9 Å². The van der Waals surface area contributed by atoms with E-state index < -0.39 is 21.5 Å². The summed E-state index contributed by atoms with van der Waals surface area (Å²) in [5, 5.41) is 0. The Hall–Kier alpha value is -0.400. The fourth-order valence-electron chi connectivity index (χ4n) is 5.23. The molecule has 153 valence electrons. The molecular weight excluding hydrogens is 490 g/mol. The average Bonchev–Trinajstić information content (AvgIpc) is 3.30. The molecule has 2 aliphatic rings. The summed E-state index contributed by atoms with van der Waals surface area (Å²) in [6.07, 6.45) is 11.5. The first-order valence-corrected chi connectivity index (χ1v) is 27.5. The molecule has 2 aliphatic carbocycles. The Morgan fingerprint density at radius 1 is 0.862 bits per heavy atom. The Labute approximate surface area is 184 Å². The van der Waals surface area contributed by atoms with Crippen molar-refractivity contribution in [3.8, 4) is 0 Å². The molecule has 4 rings (SSSR count). The molecule has 0 fully saturated rings. The van der Waals surface area contributed by atoms with Crippen molar-refractivity contribution < 1.29 is 15.6 Å². The molecule has 0 aromatic heterocycles. The van der Waals surface area contributed by atoms with Crippen molar-refractivity contribution in [3.63, 3.8) is 0 Å². The number of rotatable bonds is 7. The molecule has 0 N–H and O–H groups in total. The maximum absolute atomic E-state index is 7.70. The molecule has 0 aliphatic heterocycles. The summed E-state index contributed by atoms with van der Waals surface area (Å²) in [6, 6.07) is 17.5. The van der Waals surface area contributed by atoms with Gasteiger partial charge in [0.25, 0.3) is 0 Å². The minimum atomic E-state index is -3.89. The molecule has 0 nitrogen and oxygen atoms in total. The van der Waals surface area contributed by atoms with Gasteiger partial charge in [0.15, 0.2) is 0 Å². The summed E-state index contributed by atoms with van der Waals surface area (Å²) in [7, 11) is 15.4. The predicted octanol–water partition coefficient (Wildman–Crippen LogP) is 8.60. The molecule has 0 saturated heterocycles. The Morgan fingerprint density at radius 3 is 1.97 bits per heavy atom. The molecule has 29 heavy (non-hydrogen) atoms. The molecule has 0 saturated carbocycles. The van der Waals surface area contributed by atoms with Gasteiger partial charge in [0.05, 0.1) is 0 Å². The van der Waals surface area contributed by atoms with Crippen molar-refractivity contribution in [2.75, 3.05) is 0 Å². The third kappa shape index (κ3) is 4.08. The average molecular weight is 522 g/mol. The van der Waals surface area contributed by atoms with E-state index in [1.54, 1.807) is 0 Å². The van der Waals surface area contributed by atoms with E-state index in [0.717, 1.165) is 17.0 Å². The third-order valence-corrected chi connectivity index (χ3v) is 62.4. The van der Waals surface area contributed by atoms with Crippen LogP contribution in [0, 0.1) is 0 Å². The van der Waals surface area contributed by atoms with E-state index in [4.69, 9.17) is 17.0 Å². The van der Waals surface area contributed by atoms with Crippen molar-refractivity contribution in [1.29, 1.82) is 0 Å². The molecule has 2 aromatic carbocycles. The third-order valence-electron chi connectivity index (χ3n) is 7.51. The number of halogens is 2. The van der Waals surface area contributed by atoms with E-state index in [2.05, 4.69) is 92.9 Å². The summed E-state index contributed by atoms with van der Waals surface area (Å²) in [5.74, 6) is -0.273. The molecular formula is C25H31Cl2SiZr. The topological polar surface area (TPSA) is 0 Å². The Balaban J connectivity index is 1.51. The van der Waals surface area contributed by atoms with Crippen molar-refractivity contribution in [1.82, 2.24) is 0 Å².